The zero-order valence-electron chi connectivity index (χ0n) is 11.1. The maximum Gasteiger partial charge on any atom is 0.0718 e. The maximum atomic E-state index is 10.2. The minimum atomic E-state index is -0.233. The number of nitrogens with zero attached hydrogens (tertiary/aromatic N) is 1. The van der Waals surface area contributed by atoms with Crippen molar-refractivity contribution in [1.82, 2.24) is 4.90 Å². The summed E-state index contributed by atoms with van der Waals surface area (Å²) in [6.45, 7) is 12.2. The van der Waals surface area contributed by atoms with Gasteiger partial charge in [-0.05, 0) is 26.2 Å². The quantitative estimate of drug-likeness (QED) is 0.753. The summed E-state index contributed by atoms with van der Waals surface area (Å²) in [5, 5.41) is 10.2. The van der Waals surface area contributed by atoms with Gasteiger partial charge in [0, 0.05) is 31.7 Å². The van der Waals surface area contributed by atoms with Crippen LogP contribution in [0.4, 0.5) is 0 Å². The Balaban J connectivity index is 2.40. The summed E-state index contributed by atoms with van der Waals surface area (Å²) < 4.78 is 5.32. The fourth-order valence-corrected chi connectivity index (χ4v) is 2.21. The van der Waals surface area contributed by atoms with Gasteiger partial charge in [-0.15, -0.1) is 0 Å². The highest BCUT2D eigenvalue weighted by Gasteiger charge is 2.26. The van der Waals surface area contributed by atoms with Crippen LogP contribution in [0.3, 0.4) is 0 Å². The zero-order valence-corrected chi connectivity index (χ0v) is 11.1. The van der Waals surface area contributed by atoms with Crippen molar-refractivity contribution in [3.63, 3.8) is 0 Å². The standard InChI is InChI=1S/C13H27NO2/c1-10(2)7-14(11(3)4)8-13(15)12-5-6-16-9-12/h10-13,15H,5-9H2,1-4H3. The van der Waals surface area contributed by atoms with Gasteiger partial charge in [0.25, 0.3) is 0 Å². The Morgan fingerprint density at radius 3 is 2.38 bits per heavy atom. The molecule has 2 atom stereocenters. The topological polar surface area (TPSA) is 32.7 Å². The normalized spacial score (nSPS) is 23.6. The molecule has 0 saturated carbocycles. The van der Waals surface area contributed by atoms with Crippen molar-refractivity contribution in [2.24, 2.45) is 11.8 Å². The number of hydrogen-bond acceptors (Lipinski definition) is 3. The van der Waals surface area contributed by atoms with Crippen LogP contribution in [0.2, 0.25) is 0 Å². The first kappa shape index (κ1) is 13.9. The summed E-state index contributed by atoms with van der Waals surface area (Å²) >= 11 is 0. The molecule has 0 amide bonds. The summed E-state index contributed by atoms with van der Waals surface area (Å²) in [5.41, 5.74) is 0. The average molecular weight is 229 g/mol. The van der Waals surface area contributed by atoms with Gasteiger partial charge in [0.1, 0.15) is 0 Å². The third-order valence-electron chi connectivity index (χ3n) is 3.26. The Morgan fingerprint density at radius 2 is 1.94 bits per heavy atom. The highest BCUT2D eigenvalue weighted by atomic mass is 16.5. The van der Waals surface area contributed by atoms with Crippen molar-refractivity contribution in [1.29, 1.82) is 0 Å². The fourth-order valence-electron chi connectivity index (χ4n) is 2.21. The van der Waals surface area contributed by atoms with E-state index >= 15 is 0 Å². The lowest BCUT2D eigenvalue weighted by atomic mass is 10.0. The van der Waals surface area contributed by atoms with Gasteiger partial charge in [0.2, 0.25) is 0 Å². The molecule has 1 saturated heterocycles. The first-order chi connectivity index (χ1) is 7.50. The molecule has 96 valence electrons. The van der Waals surface area contributed by atoms with E-state index in [1.165, 1.54) is 0 Å². The molecule has 0 aromatic carbocycles. The van der Waals surface area contributed by atoms with Gasteiger partial charge in [-0.2, -0.15) is 0 Å². The van der Waals surface area contributed by atoms with E-state index in [0.29, 0.717) is 17.9 Å². The maximum absolute atomic E-state index is 10.2. The smallest absolute Gasteiger partial charge is 0.0718 e. The van der Waals surface area contributed by atoms with Crippen LogP contribution in [0.15, 0.2) is 0 Å². The van der Waals surface area contributed by atoms with Crippen LogP contribution in [-0.4, -0.2) is 48.5 Å². The molecule has 1 rings (SSSR count). The molecule has 3 heteroatoms. The van der Waals surface area contributed by atoms with Crippen molar-refractivity contribution in [3.05, 3.63) is 0 Å². The van der Waals surface area contributed by atoms with E-state index in [0.717, 1.165) is 32.7 Å². The molecule has 0 aliphatic carbocycles. The average Bonchev–Trinajstić information content (AvgIpc) is 2.68. The second kappa shape index (κ2) is 6.58. The summed E-state index contributed by atoms with van der Waals surface area (Å²) in [7, 11) is 0. The van der Waals surface area contributed by atoms with Crippen molar-refractivity contribution >= 4 is 0 Å². The molecule has 0 aromatic rings. The minimum Gasteiger partial charge on any atom is -0.391 e. The van der Waals surface area contributed by atoms with E-state index in [4.69, 9.17) is 4.74 Å². The van der Waals surface area contributed by atoms with E-state index < -0.39 is 0 Å². The molecule has 1 aliphatic heterocycles. The highest BCUT2D eigenvalue weighted by Crippen LogP contribution is 2.18. The van der Waals surface area contributed by atoms with Crippen molar-refractivity contribution < 1.29 is 9.84 Å². The fraction of sp³-hybridized carbons (Fsp3) is 1.00. The van der Waals surface area contributed by atoms with Crippen LogP contribution in [0.1, 0.15) is 34.1 Å². The minimum absolute atomic E-state index is 0.233. The molecular weight excluding hydrogens is 202 g/mol. The molecule has 1 fully saturated rings. The third-order valence-corrected chi connectivity index (χ3v) is 3.26. The van der Waals surface area contributed by atoms with Crippen LogP contribution in [0.5, 0.6) is 0 Å². The lowest BCUT2D eigenvalue weighted by Gasteiger charge is -2.31. The second-order valence-corrected chi connectivity index (χ2v) is 5.63. The molecule has 1 aliphatic rings. The van der Waals surface area contributed by atoms with Crippen molar-refractivity contribution in [2.75, 3.05) is 26.3 Å². The van der Waals surface area contributed by atoms with Gasteiger partial charge < -0.3 is 9.84 Å². The van der Waals surface area contributed by atoms with Crippen molar-refractivity contribution in [3.8, 4) is 0 Å². The van der Waals surface area contributed by atoms with E-state index in [9.17, 15) is 5.11 Å². The van der Waals surface area contributed by atoms with Gasteiger partial charge in [0.15, 0.2) is 0 Å². The van der Waals surface area contributed by atoms with E-state index in [1.54, 1.807) is 0 Å². The van der Waals surface area contributed by atoms with E-state index in [2.05, 4.69) is 32.6 Å². The molecule has 16 heavy (non-hydrogen) atoms. The first-order valence-corrected chi connectivity index (χ1v) is 6.50. The monoisotopic (exact) mass is 229 g/mol. The summed E-state index contributed by atoms with van der Waals surface area (Å²) in [5.74, 6) is 0.989. The van der Waals surface area contributed by atoms with Crippen LogP contribution in [0, 0.1) is 11.8 Å². The molecule has 3 nitrogen and oxygen atoms in total. The number of aliphatic hydroxyl groups excluding tert-OH is 1. The van der Waals surface area contributed by atoms with Crippen LogP contribution < -0.4 is 0 Å². The summed E-state index contributed by atoms with van der Waals surface area (Å²) in [6, 6.07) is 0.499. The van der Waals surface area contributed by atoms with E-state index in [-0.39, 0.29) is 6.10 Å². The van der Waals surface area contributed by atoms with Gasteiger partial charge in [-0.3, -0.25) is 4.90 Å². The SMILES string of the molecule is CC(C)CN(CC(O)C1CCOC1)C(C)C. The van der Waals surface area contributed by atoms with Crippen LogP contribution in [-0.2, 0) is 4.74 Å². The number of aliphatic hydroxyl groups is 1. The third kappa shape index (κ3) is 4.40. The lowest BCUT2D eigenvalue weighted by molar-refractivity contribution is 0.0418. The Kier molecular flexibility index (Phi) is 5.73. The zero-order chi connectivity index (χ0) is 12.1. The predicted molar refractivity (Wildman–Crippen MR) is 66.5 cm³/mol. The van der Waals surface area contributed by atoms with Gasteiger partial charge in [0.05, 0.1) is 12.7 Å². The Bertz CT molecular complexity index is 188. The first-order valence-electron chi connectivity index (χ1n) is 6.50. The highest BCUT2D eigenvalue weighted by molar-refractivity contribution is 4.77. The molecule has 1 N–H and O–H groups in total. The number of ether oxygens (including phenoxy) is 1. The molecule has 0 radical (unpaired) electrons. The molecular formula is C13H27NO2. The molecule has 0 spiro atoms. The van der Waals surface area contributed by atoms with Crippen molar-refractivity contribution in [2.45, 2.75) is 46.3 Å². The predicted octanol–water partition coefficient (Wildman–Crippen LogP) is 1.75. The second-order valence-electron chi connectivity index (χ2n) is 5.63. The van der Waals surface area contributed by atoms with Gasteiger partial charge in [-0.25, -0.2) is 0 Å². The van der Waals surface area contributed by atoms with Gasteiger partial charge in [-0.1, -0.05) is 13.8 Å². The Labute approximate surface area is 99.8 Å². The van der Waals surface area contributed by atoms with E-state index in [1.807, 2.05) is 0 Å². The largest absolute Gasteiger partial charge is 0.391 e. The van der Waals surface area contributed by atoms with Crippen LogP contribution >= 0.6 is 0 Å². The molecule has 2 unspecified atom stereocenters. The Hall–Kier alpha value is -0.120. The Morgan fingerprint density at radius 1 is 1.25 bits per heavy atom. The van der Waals surface area contributed by atoms with Gasteiger partial charge >= 0.3 is 0 Å². The molecule has 1 heterocycles. The summed E-state index contributed by atoms with van der Waals surface area (Å²) in [4.78, 5) is 2.37. The molecule has 0 bridgehead atoms. The van der Waals surface area contributed by atoms with Crippen LogP contribution in [0.25, 0.3) is 0 Å². The lowest BCUT2D eigenvalue weighted by Crippen LogP contribution is -2.42. The number of rotatable bonds is 6. The molecule has 0 aromatic heterocycles. The number of hydrogen-bond donors (Lipinski definition) is 1. The summed E-state index contributed by atoms with van der Waals surface area (Å²) in [6.07, 6.45) is 0.776.